The number of fused-ring (bicyclic) bond motifs is 1. The highest BCUT2D eigenvalue weighted by atomic mass is 32.2. The van der Waals surface area contributed by atoms with Gasteiger partial charge in [-0.1, -0.05) is 6.07 Å². The van der Waals surface area contributed by atoms with Gasteiger partial charge in [0.1, 0.15) is 0 Å². The van der Waals surface area contributed by atoms with Crippen molar-refractivity contribution in [2.45, 2.75) is 4.90 Å². The van der Waals surface area contributed by atoms with Crippen LogP contribution in [0.15, 0.2) is 53.6 Å². The number of rotatable bonds is 4. The molecule has 0 amide bonds. The van der Waals surface area contributed by atoms with E-state index < -0.39 is 16.0 Å². The van der Waals surface area contributed by atoms with Gasteiger partial charge in [0, 0.05) is 17.3 Å². The van der Waals surface area contributed by atoms with Crippen LogP contribution >= 0.6 is 0 Å². The fourth-order valence-corrected chi connectivity index (χ4v) is 2.59. The van der Waals surface area contributed by atoms with Gasteiger partial charge in [0.2, 0.25) is 16.0 Å². The fraction of sp³-hybridized carbons (Fsp3) is 0. The average molecular weight is 344 g/mol. The minimum atomic E-state index is -3.75. The minimum Gasteiger partial charge on any atom is -0.478 e. The van der Waals surface area contributed by atoms with Gasteiger partial charge in [0.25, 0.3) is 0 Å². The fourth-order valence-electron chi connectivity index (χ4n) is 2.07. The maximum absolute atomic E-state index is 11.2. The summed E-state index contributed by atoms with van der Waals surface area (Å²) in [6.07, 6.45) is 1.56. The summed E-state index contributed by atoms with van der Waals surface area (Å²) >= 11 is 0. The lowest BCUT2D eigenvalue weighted by molar-refractivity contribution is 0.0697. The number of nitrogens with one attached hydrogen (secondary N) is 1. The van der Waals surface area contributed by atoms with E-state index >= 15 is 0 Å². The Kier molecular flexibility index (Phi) is 3.87. The Hall–Kier alpha value is -3.04. The second-order valence-corrected chi connectivity index (χ2v) is 6.53. The molecule has 9 heteroatoms. The molecule has 24 heavy (non-hydrogen) atoms. The molecular weight excluding hydrogens is 332 g/mol. The van der Waals surface area contributed by atoms with Crippen molar-refractivity contribution in [2.75, 3.05) is 5.32 Å². The number of nitrogens with zero attached hydrogens (tertiary/aromatic N) is 2. The van der Waals surface area contributed by atoms with Crippen molar-refractivity contribution >= 4 is 38.5 Å². The Morgan fingerprint density at radius 3 is 2.46 bits per heavy atom. The third kappa shape index (κ3) is 3.31. The van der Waals surface area contributed by atoms with E-state index in [0.29, 0.717) is 16.6 Å². The van der Waals surface area contributed by atoms with Gasteiger partial charge >= 0.3 is 5.97 Å². The normalized spacial score (nSPS) is 11.4. The first kappa shape index (κ1) is 15.8. The Bertz CT molecular complexity index is 1030. The SMILES string of the molecule is NS(=O)(=O)c1ccc(Nc2ncc3ccc(C(=O)O)cc3n2)cc1. The quantitative estimate of drug-likeness (QED) is 0.655. The van der Waals surface area contributed by atoms with Crippen molar-refractivity contribution in [1.29, 1.82) is 0 Å². The number of aromatic nitrogens is 2. The molecule has 2 aromatic carbocycles. The molecular formula is C15H12N4O4S. The van der Waals surface area contributed by atoms with Crippen LogP contribution in [0, 0.1) is 0 Å². The second kappa shape index (κ2) is 5.87. The Morgan fingerprint density at radius 1 is 1.12 bits per heavy atom. The third-order valence-electron chi connectivity index (χ3n) is 3.27. The first-order valence-corrected chi connectivity index (χ1v) is 8.27. The first-order valence-electron chi connectivity index (χ1n) is 6.73. The zero-order valence-corrected chi connectivity index (χ0v) is 13.0. The van der Waals surface area contributed by atoms with Gasteiger partial charge in [-0.05, 0) is 36.4 Å². The molecule has 0 aliphatic rings. The molecule has 0 spiro atoms. The average Bonchev–Trinajstić information content (AvgIpc) is 2.54. The van der Waals surface area contributed by atoms with Crippen LogP contribution in [0.25, 0.3) is 10.9 Å². The Morgan fingerprint density at radius 2 is 1.83 bits per heavy atom. The summed E-state index contributed by atoms with van der Waals surface area (Å²) in [5, 5.41) is 17.7. The van der Waals surface area contributed by atoms with Crippen LogP contribution in [0.2, 0.25) is 0 Å². The van der Waals surface area contributed by atoms with E-state index in [1.165, 1.54) is 36.4 Å². The van der Waals surface area contributed by atoms with Crippen molar-refractivity contribution < 1.29 is 18.3 Å². The number of carboxylic acid groups (broad SMARTS) is 1. The molecule has 0 radical (unpaired) electrons. The standard InChI is InChI=1S/C15H12N4O4S/c16-24(22,23)12-5-3-11(4-6-12)18-15-17-8-10-2-1-9(14(20)21)7-13(10)19-15/h1-8H,(H,20,21)(H2,16,22,23)(H,17,18,19). The molecule has 0 unspecified atom stereocenters. The van der Waals surface area contributed by atoms with Gasteiger partial charge in [0.05, 0.1) is 16.0 Å². The van der Waals surface area contributed by atoms with Gasteiger partial charge in [0.15, 0.2) is 0 Å². The van der Waals surface area contributed by atoms with Crippen LogP contribution in [-0.2, 0) is 10.0 Å². The molecule has 0 bridgehead atoms. The van der Waals surface area contributed by atoms with Crippen molar-refractivity contribution in [1.82, 2.24) is 9.97 Å². The highest BCUT2D eigenvalue weighted by molar-refractivity contribution is 7.89. The lowest BCUT2D eigenvalue weighted by Crippen LogP contribution is -2.11. The van der Waals surface area contributed by atoms with Crippen molar-refractivity contribution in [3.63, 3.8) is 0 Å². The highest BCUT2D eigenvalue weighted by Crippen LogP contribution is 2.19. The van der Waals surface area contributed by atoms with Crippen LogP contribution in [0.3, 0.4) is 0 Å². The maximum Gasteiger partial charge on any atom is 0.335 e. The monoisotopic (exact) mass is 344 g/mol. The smallest absolute Gasteiger partial charge is 0.335 e. The zero-order valence-electron chi connectivity index (χ0n) is 12.2. The van der Waals surface area contributed by atoms with E-state index in [1.54, 1.807) is 12.3 Å². The molecule has 4 N–H and O–H groups in total. The second-order valence-electron chi connectivity index (χ2n) is 4.97. The van der Waals surface area contributed by atoms with Gasteiger partial charge in [-0.2, -0.15) is 0 Å². The highest BCUT2D eigenvalue weighted by Gasteiger charge is 2.08. The Balaban J connectivity index is 1.91. The number of anilines is 2. The van der Waals surface area contributed by atoms with Gasteiger partial charge in [-0.15, -0.1) is 0 Å². The van der Waals surface area contributed by atoms with Crippen molar-refractivity contribution in [3.05, 3.63) is 54.2 Å². The van der Waals surface area contributed by atoms with Crippen molar-refractivity contribution in [3.8, 4) is 0 Å². The molecule has 3 aromatic rings. The molecule has 8 nitrogen and oxygen atoms in total. The van der Waals surface area contributed by atoms with E-state index in [1.807, 2.05) is 0 Å². The van der Waals surface area contributed by atoms with E-state index in [2.05, 4.69) is 15.3 Å². The van der Waals surface area contributed by atoms with Crippen molar-refractivity contribution in [2.24, 2.45) is 5.14 Å². The zero-order chi connectivity index (χ0) is 17.3. The number of carbonyl (C=O) groups is 1. The van der Waals surface area contributed by atoms with Crippen LogP contribution in [0.5, 0.6) is 0 Å². The summed E-state index contributed by atoms with van der Waals surface area (Å²) in [5.41, 5.74) is 1.18. The Labute approximate surface area is 137 Å². The topological polar surface area (TPSA) is 135 Å². The molecule has 0 fully saturated rings. The molecule has 0 saturated carbocycles. The lowest BCUT2D eigenvalue weighted by Gasteiger charge is -2.07. The number of primary sulfonamides is 1. The molecule has 1 aromatic heterocycles. The summed E-state index contributed by atoms with van der Waals surface area (Å²) < 4.78 is 22.4. The predicted octanol–water partition coefficient (Wildman–Crippen LogP) is 1.72. The van der Waals surface area contributed by atoms with E-state index in [4.69, 9.17) is 10.2 Å². The molecule has 3 rings (SSSR count). The van der Waals surface area contributed by atoms with Gasteiger partial charge in [-0.25, -0.2) is 28.3 Å². The van der Waals surface area contributed by atoms with E-state index in [-0.39, 0.29) is 16.4 Å². The van der Waals surface area contributed by atoms with Gasteiger partial charge < -0.3 is 10.4 Å². The first-order chi connectivity index (χ1) is 11.3. The van der Waals surface area contributed by atoms with E-state index in [9.17, 15) is 13.2 Å². The molecule has 0 aliphatic carbocycles. The number of nitrogens with two attached hydrogens (primary N) is 1. The number of benzene rings is 2. The molecule has 122 valence electrons. The number of carboxylic acids is 1. The predicted molar refractivity (Wildman–Crippen MR) is 87.6 cm³/mol. The molecule has 1 heterocycles. The van der Waals surface area contributed by atoms with Crippen LogP contribution in [0.4, 0.5) is 11.6 Å². The lowest BCUT2D eigenvalue weighted by atomic mass is 10.1. The van der Waals surface area contributed by atoms with E-state index in [0.717, 1.165) is 0 Å². The maximum atomic E-state index is 11.2. The number of sulfonamides is 1. The minimum absolute atomic E-state index is 0.00131. The molecule has 0 saturated heterocycles. The summed E-state index contributed by atoms with van der Waals surface area (Å²) in [5.74, 6) is -0.781. The summed E-state index contributed by atoms with van der Waals surface area (Å²) in [7, 11) is -3.75. The number of aromatic carboxylic acids is 1. The largest absolute Gasteiger partial charge is 0.478 e. The molecule has 0 atom stereocenters. The molecule has 0 aliphatic heterocycles. The van der Waals surface area contributed by atoms with Gasteiger partial charge in [-0.3, -0.25) is 0 Å². The third-order valence-corrected chi connectivity index (χ3v) is 4.20. The number of hydrogen-bond donors (Lipinski definition) is 3. The van der Waals surface area contributed by atoms with Crippen LogP contribution < -0.4 is 10.5 Å². The van der Waals surface area contributed by atoms with Crippen LogP contribution in [-0.4, -0.2) is 29.5 Å². The summed E-state index contributed by atoms with van der Waals surface area (Å²) in [6.45, 7) is 0. The number of hydrogen-bond acceptors (Lipinski definition) is 6. The summed E-state index contributed by atoms with van der Waals surface area (Å²) in [6, 6.07) is 10.3. The van der Waals surface area contributed by atoms with Crippen LogP contribution in [0.1, 0.15) is 10.4 Å². The summed E-state index contributed by atoms with van der Waals surface area (Å²) in [4.78, 5) is 19.4.